The van der Waals surface area contributed by atoms with Crippen molar-refractivity contribution in [3.8, 4) is 0 Å². The summed E-state index contributed by atoms with van der Waals surface area (Å²) in [7, 11) is 0. The van der Waals surface area contributed by atoms with E-state index in [2.05, 4.69) is 0 Å². The van der Waals surface area contributed by atoms with Crippen molar-refractivity contribution in [3.63, 3.8) is 0 Å². The molecule has 0 fully saturated rings. The van der Waals surface area contributed by atoms with Crippen LogP contribution in [-0.4, -0.2) is 16.0 Å². The summed E-state index contributed by atoms with van der Waals surface area (Å²) in [5.41, 5.74) is 2.00. The molecule has 0 unspecified atom stereocenters. The molecule has 2 aliphatic rings. The molecule has 1 aliphatic heterocycles. The van der Waals surface area contributed by atoms with E-state index in [9.17, 15) is 10.2 Å². The van der Waals surface area contributed by atoms with Gasteiger partial charge in [-0.25, -0.2) is 0 Å². The molecule has 19 heavy (non-hydrogen) atoms. The van der Waals surface area contributed by atoms with Crippen LogP contribution in [0.3, 0.4) is 0 Å². The van der Waals surface area contributed by atoms with Gasteiger partial charge in [0.1, 0.15) is 17.4 Å². The lowest BCUT2D eigenvalue weighted by molar-refractivity contribution is -0.0912. The number of hydrogen-bond acceptors (Lipinski definition) is 3. The summed E-state index contributed by atoms with van der Waals surface area (Å²) in [6.45, 7) is 0.333. The first-order valence-electron chi connectivity index (χ1n) is 5.65. The Bertz CT molecular complexity index is 642. The van der Waals surface area contributed by atoms with Crippen LogP contribution in [0.25, 0.3) is 6.08 Å². The Hall–Kier alpha value is -1.26. The molecule has 1 aromatic rings. The first kappa shape index (κ1) is 12.8. The minimum atomic E-state index is -2.33. The third kappa shape index (κ3) is 1.99. The summed E-state index contributed by atoms with van der Waals surface area (Å²) < 4.78 is 5.58. The van der Waals surface area contributed by atoms with Crippen molar-refractivity contribution < 1.29 is 14.9 Å². The van der Waals surface area contributed by atoms with E-state index in [4.69, 9.17) is 27.9 Å². The maximum atomic E-state index is 10.2. The van der Waals surface area contributed by atoms with Gasteiger partial charge in [-0.15, -0.1) is 0 Å². The molecule has 0 saturated heterocycles. The number of allylic oxidation sites excluding steroid dienone is 2. The van der Waals surface area contributed by atoms with Crippen molar-refractivity contribution in [2.75, 3.05) is 0 Å². The molecule has 3 rings (SSSR count). The Morgan fingerprint density at radius 2 is 1.84 bits per heavy atom. The predicted molar refractivity (Wildman–Crippen MR) is 73.2 cm³/mol. The van der Waals surface area contributed by atoms with Gasteiger partial charge < -0.3 is 14.9 Å². The molecule has 0 bridgehead atoms. The van der Waals surface area contributed by atoms with Gasteiger partial charge in [0.2, 0.25) is 5.79 Å². The van der Waals surface area contributed by atoms with Crippen molar-refractivity contribution in [3.05, 3.63) is 62.9 Å². The highest BCUT2D eigenvalue weighted by Gasteiger charge is 2.41. The molecule has 1 aliphatic carbocycles. The molecular weight excluding hydrogens is 287 g/mol. The quantitative estimate of drug-likeness (QED) is 0.724. The van der Waals surface area contributed by atoms with Crippen LogP contribution in [0.5, 0.6) is 0 Å². The zero-order chi connectivity index (χ0) is 13.6. The molecule has 1 aromatic carbocycles. The largest absolute Gasteiger partial charge is 0.488 e. The Kier molecular flexibility index (Phi) is 2.95. The number of fused-ring (bicyclic) bond motifs is 2. The number of benzene rings is 1. The van der Waals surface area contributed by atoms with Crippen LogP contribution in [0.4, 0.5) is 0 Å². The third-order valence-corrected chi connectivity index (χ3v) is 4.01. The number of halogens is 2. The van der Waals surface area contributed by atoms with Gasteiger partial charge in [0.25, 0.3) is 0 Å². The fourth-order valence-electron chi connectivity index (χ4n) is 2.12. The lowest BCUT2D eigenvalue weighted by Crippen LogP contribution is -2.34. The molecule has 0 atom stereocenters. The smallest absolute Gasteiger partial charge is 0.233 e. The first-order valence-corrected chi connectivity index (χ1v) is 6.41. The summed E-state index contributed by atoms with van der Waals surface area (Å²) in [6, 6.07) is 7.55. The summed E-state index contributed by atoms with van der Waals surface area (Å²) in [5.74, 6) is -2.02. The number of aliphatic hydroxyl groups is 2. The van der Waals surface area contributed by atoms with E-state index >= 15 is 0 Å². The standard InChI is InChI=1S/C14H10Cl2O3/c15-11-6-12-10(14(17,18)13(11)16)5-8-3-1-2-4-9(8)7-19-12/h1-6,17-18H,7H2. The van der Waals surface area contributed by atoms with Gasteiger partial charge in [0.05, 0.1) is 10.6 Å². The Morgan fingerprint density at radius 3 is 2.63 bits per heavy atom. The average molecular weight is 297 g/mol. The summed E-state index contributed by atoms with van der Waals surface area (Å²) >= 11 is 11.7. The molecule has 0 amide bonds. The highest BCUT2D eigenvalue weighted by atomic mass is 35.5. The molecule has 0 saturated carbocycles. The van der Waals surface area contributed by atoms with Gasteiger partial charge in [-0.2, -0.15) is 0 Å². The normalized spacial score (nSPS) is 20.6. The van der Waals surface area contributed by atoms with Crippen LogP contribution in [0.15, 0.2) is 51.7 Å². The molecule has 3 nitrogen and oxygen atoms in total. The molecule has 0 aromatic heterocycles. The van der Waals surface area contributed by atoms with E-state index in [-0.39, 0.29) is 15.6 Å². The van der Waals surface area contributed by atoms with E-state index in [1.54, 1.807) is 6.08 Å². The molecule has 98 valence electrons. The highest BCUT2D eigenvalue weighted by molar-refractivity contribution is 6.41. The fourth-order valence-corrected chi connectivity index (χ4v) is 2.51. The van der Waals surface area contributed by atoms with Gasteiger partial charge in [-0.05, 0) is 17.2 Å². The van der Waals surface area contributed by atoms with Gasteiger partial charge in [0, 0.05) is 6.08 Å². The van der Waals surface area contributed by atoms with Crippen molar-refractivity contribution in [1.82, 2.24) is 0 Å². The van der Waals surface area contributed by atoms with Crippen LogP contribution >= 0.6 is 23.2 Å². The van der Waals surface area contributed by atoms with E-state index < -0.39 is 5.79 Å². The van der Waals surface area contributed by atoms with E-state index in [0.717, 1.165) is 11.1 Å². The summed E-state index contributed by atoms with van der Waals surface area (Å²) in [5, 5.41) is 20.1. The summed E-state index contributed by atoms with van der Waals surface area (Å²) in [4.78, 5) is 0. The lowest BCUT2D eigenvalue weighted by atomic mass is 9.95. The molecule has 0 radical (unpaired) electrons. The monoisotopic (exact) mass is 296 g/mol. The minimum absolute atomic E-state index is 0.0600. The van der Waals surface area contributed by atoms with Crippen molar-refractivity contribution in [2.24, 2.45) is 0 Å². The maximum Gasteiger partial charge on any atom is 0.233 e. The van der Waals surface area contributed by atoms with Crippen molar-refractivity contribution in [1.29, 1.82) is 0 Å². The number of hydrogen-bond donors (Lipinski definition) is 2. The van der Waals surface area contributed by atoms with Crippen molar-refractivity contribution in [2.45, 2.75) is 12.4 Å². The van der Waals surface area contributed by atoms with Gasteiger partial charge in [-0.1, -0.05) is 47.5 Å². The third-order valence-electron chi connectivity index (χ3n) is 3.15. The van der Waals surface area contributed by atoms with Crippen LogP contribution in [0.1, 0.15) is 11.1 Å². The topological polar surface area (TPSA) is 49.7 Å². The van der Waals surface area contributed by atoms with Gasteiger partial charge in [0.15, 0.2) is 0 Å². The molecule has 0 spiro atoms. The SMILES string of the molecule is OC1(O)C2=Cc3ccccc3COC2=CC(Cl)=C1Cl. The van der Waals surface area contributed by atoms with E-state index in [1.807, 2.05) is 24.3 Å². The lowest BCUT2D eigenvalue weighted by Gasteiger charge is -2.29. The zero-order valence-corrected chi connectivity index (χ0v) is 11.2. The van der Waals surface area contributed by atoms with Crippen LogP contribution in [0, 0.1) is 0 Å². The first-order chi connectivity index (χ1) is 9.00. The maximum absolute atomic E-state index is 10.2. The average Bonchev–Trinajstić information content (AvgIpc) is 2.57. The van der Waals surface area contributed by atoms with Crippen molar-refractivity contribution >= 4 is 29.3 Å². The Morgan fingerprint density at radius 1 is 1.11 bits per heavy atom. The summed E-state index contributed by atoms with van der Waals surface area (Å²) in [6.07, 6.45) is 3.15. The van der Waals surface area contributed by atoms with E-state index in [1.165, 1.54) is 6.08 Å². The van der Waals surface area contributed by atoms with Crippen LogP contribution in [-0.2, 0) is 11.3 Å². The van der Waals surface area contributed by atoms with E-state index in [0.29, 0.717) is 12.4 Å². The minimum Gasteiger partial charge on any atom is -0.488 e. The Labute approximate surface area is 120 Å². The zero-order valence-electron chi connectivity index (χ0n) is 9.73. The Balaban J connectivity index is 2.21. The van der Waals surface area contributed by atoms with Gasteiger partial charge in [-0.3, -0.25) is 0 Å². The second-order valence-corrected chi connectivity index (χ2v) is 5.17. The predicted octanol–water partition coefficient (Wildman–Crippen LogP) is 2.87. The highest BCUT2D eigenvalue weighted by Crippen LogP contribution is 2.42. The van der Waals surface area contributed by atoms with Crippen LogP contribution < -0.4 is 0 Å². The second kappa shape index (κ2) is 4.39. The molecule has 5 heteroatoms. The van der Waals surface area contributed by atoms with Crippen LogP contribution in [0.2, 0.25) is 0 Å². The number of ether oxygens (including phenoxy) is 1. The number of rotatable bonds is 0. The fraction of sp³-hybridized carbons (Fsp3) is 0.143. The second-order valence-electron chi connectivity index (χ2n) is 4.39. The molecular formula is C14H10Cl2O3. The van der Waals surface area contributed by atoms with Gasteiger partial charge >= 0.3 is 0 Å². The molecule has 2 N–H and O–H groups in total. The molecule has 1 heterocycles.